The highest BCUT2D eigenvalue weighted by Crippen LogP contribution is 2.09. The number of nitrogens with zero attached hydrogens (tertiary/aromatic N) is 3. The van der Waals surface area contributed by atoms with Crippen LogP contribution in [-0.4, -0.2) is 26.9 Å². The molecule has 0 saturated carbocycles. The van der Waals surface area contributed by atoms with Crippen molar-refractivity contribution in [1.82, 2.24) is 14.3 Å². The standard InChI is InChI=1S/C12H12N4O3/c13-11(17)8-1-3-9(4-2-8)16-12(18)15-5-6-19-7-10(15)14-16/h1-4H,5-7H2,(H2,13,17). The van der Waals surface area contributed by atoms with Gasteiger partial charge in [-0.1, -0.05) is 0 Å². The Labute approximate surface area is 108 Å². The Morgan fingerprint density at radius 3 is 2.68 bits per heavy atom. The van der Waals surface area contributed by atoms with Gasteiger partial charge in [0.2, 0.25) is 5.91 Å². The van der Waals surface area contributed by atoms with Gasteiger partial charge in [-0.15, -0.1) is 5.10 Å². The molecule has 1 aromatic heterocycles. The van der Waals surface area contributed by atoms with Crippen molar-refractivity contribution >= 4 is 5.91 Å². The quantitative estimate of drug-likeness (QED) is 0.799. The molecule has 0 spiro atoms. The molecule has 1 aliphatic heterocycles. The van der Waals surface area contributed by atoms with E-state index in [2.05, 4.69) is 5.10 Å². The van der Waals surface area contributed by atoms with Crippen LogP contribution in [0.1, 0.15) is 16.2 Å². The summed E-state index contributed by atoms with van der Waals surface area (Å²) < 4.78 is 8.14. The van der Waals surface area contributed by atoms with E-state index in [1.165, 1.54) is 4.68 Å². The van der Waals surface area contributed by atoms with Gasteiger partial charge in [0.05, 0.1) is 18.8 Å². The Balaban J connectivity index is 2.05. The highest BCUT2D eigenvalue weighted by molar-refractivity contribution is 5.92. The maximum Gasteiger partial charge on any atom is 0.350 e. The van der Waals surface area contributed by atoms with Crippen molar-refractivity contribution in [2.45, 2.75) is 13.2 Å². The first kappa shape index (κ1) is 11.7. The van der Waals surface area contributed by atoms with Crippen LogP contribution in [0, 0.1) is 0 Å². The zero-order valence-electron chi connectivity index (χ0n) is 10.1. The molecule has 0 atom stereocenters. The molecule has 98 valence electrons. The second-order valence-electron chi connectivity index (χ2n) is 4.23. The second kappa shape index (κ2) is 4.36. The maximum absolute atomic E-state index is 12.1. The van der Waals surface area contributed by atoms with Gasteiger partial charge in [-0.05, 0) is 24.3 Å². The summed E-state index contributed by atoms with van der Waals surface area (Å²) in [7, 11) is 0. The minimum atomic E-state index is -0.503. The molecule has 0 fully saturated rings. The van der Waals surface area contributed by atoms with Crippen LogP contribution in [0.3, 0.4) is 0 Å². The van der Waals surface area contributed by atoms with E-state index in [0.717, 1.165) is 0 Å². The molecule has 1 aromatic carbocycles. The number of carbonyl (C=O) groups excluding carboxylic acids is 1. The molecule has 0 unspecified atom stereocenters. The van der Waals surface area contributed by atoms with Crippen molar-refractivity contribution in [2.75, 3.05) is 6.61 Å². The number of hydrogen-bond donors (Lipinski definition) is 1. The van der Waals surface area contributed by atoms with E-state index in [-0.39, 0.29) is 5.69 Å². The molecule has 1 aliphatic rings. The summed E-state index contributed by atoms with van der Waals surface area (Å²) in [5.74, 6) is 0.103. The van der Waals surface area contributed by atoms with E-state index in [4.69, 9.17) is 10.5 Å². The van der Waals surface area contributed by atoms with Gasteiger partial charge in [-0.2, -0.15) is 4.68 Å². The summed E-state index contributed by atoms with van der Waals surface area (Å²) in [5, 5.41) is 4.22. The molecule has 2 heterocycles. The number of nitrogens with two attached hydrogens (primary N) is 1. The zero-order valence-corrected chi connectivity index (χ0v) is 10.1. The Bertz CT molecular complexity index is 684. The van der Waals surface area contributed by atoms with Gasteiger partial charge in [-0.3, -0.25) is 9.36 Å². The third-order valence-electron chi connectivity index (χ3n) is 3.03. The lowest BCUT2D eigenvalue weighted by Crippen LogP contribution is -2.28. The summed E-state index contributed by atoms with van der Waals surface area (Å²) in [6, 6.07) is 6.42. The summed E-state index contributed by atoms with van der Waals surface area (Å²) in [5.41, 5.74) is 5.95. The highest BCUT2D eigenvalue weighted by atomic mass is 16.5. The summed E-state index contributed by atoms with van der Waals surface area (Å²) in [6.07, 6.45) is 0. The van der Waals surface area contributed by atoms with Gasteiger partial charge in [0, 0.05) is 5.56 Å². The van der Waals surface area contributed by atoms with Crippen molar-refractivity contribution < 1.29 is 9.53 Å². The molecular formula is C12H12N4O3. The van der Waals surface area contributed by atoms with E-state index < -0.39 is 5.91 Å². The Kier molecular flexibility index (Phi) is 2.68. The normalized spacial score (nSPS) is 14.1. The van der Waals surface area contributed by atoms with Crippen LogP contribution in [0.15, 0.2) is 29.1 Å². The molecule has 2 N–H and O–H groups in total. The summed E-state index contributed by atoms with van der Waals surface area (Å²) >= 11 is 0. The third-order valence-corrected chi connectivity index (χ3v) is 3.03. The number of amides is 1. The summed E-state index contributed by atoms with van der Waals surface area (Å²) in [4.78, 5) is 23.1. The number of carbonyl (C=O) groups is 1. The molecule has 1 amide bonds. The smallest absolute Gasteiger partial charge is 0.350 e. The van der Waals surface area contributed by atoms with Gasteiger partial charge in [0.15, 0.2) is 5.82 Å². The molecule has 0 saturated heterocycles. The molecule has 0 bridgehead atoms. The molecule has 7 heteroatoms. The number of ether oxygens (including phenoxy) is 1. The topological polar surface area (TPSA) is 92.1 Å². The number of fused-ring (bicyclic) bond motifs is 1. The van der Waals surface area contributed by atoms with Crippen LogP contribution < -0.4 is 11.4 Å². The maximum atomic E-state index is 12.1. The first-order valence-corrected chi connectivity index (χ1v) is 5.83. The number of aromatic nitrogens is 3. The van der Waals surface area contributed by atoms with Gasteiger partial charge in [-0.25, -0.2) is 4.79 Å². The minimum absolute atomic E-state index is 0.204. The summed E-state index contributed by atoms with van der Waals surface area (Å²) in [6.45, 7) is 1.36. The van der Waals surface area contributed by atoms with Crippen molar-refractivity contribution in [3.8, 4) is 5.69 Å². The molecule has 3 rings (SSSR count). The predicted molar refractivity (Wildman–Crippen MR) is 66.0 cm³/mol. The van der Waals surface area contributed by atoms with Crippen molar-refractivity contribution in [2.24, 2.45) is 5.73 Å². The fourth-order valence-electron chi connectivity index (χ4n) is 2.02. The Hall–Kier alpha value is -2.41. The van der Waals surface area contributed by atoms with E-state index in [0.29, 0.717) is 36.8 Å². The van der Waals surface area contributed by atoms with Crippen LogP contribution in [0.25, 0.3) is 5.69 Å². The lowest BCUT2D eigenvalue weighted by atomic mass is 10.2. The average Bonchev–Trinajstić information content (AvgIpc) is 2.77. The van der Waals surface area contributed by atoms with E-state index in [1.54, 1.807) is 28.8 Å². The van der Waals surface area contributed by atoms with Crippen molar-refractivity contribution in [1.29, 1.82) is 0 Å². The lowest BCUT2D eigenvalue weighted by molar-refractivity contribution is 0.0805. The molecule has 2 aromatic rings. The van der Waals surface area contributed by atoms with Gasteiger partial charge in [0.25, 0.3) is 0 Å². The highest BCUT2D eigenvalue weighted by Gasteiger charge is 2.17. The molecular weight excluding hydrogens is 248 g/mol. The first-order valence-electron chi connectivity index (χ1n) is 5.83. The Morgan fingerprint density at radius 2 is 2.05 bits per heavy atom. The SMILES string of the molecule is NC(=O)c1ccc(-n2nc3n(c2=O)CCOC3)cc1. The number of primary amides is 1. The van der Waals surface area contributed by atoms with Crippen LogP contribution in [0.2, 0.25) is 0 Å². The average molecular weight is 260 g/mol. The van der Waals surface area contributed by atoms with Gasteiger partial charge in [0.1, 0.15) is 6.61 Å². The van der Waals surface area contributed by atoms with E-state index >= 15 is 0 Å². The fraction of sp³-hybridized carbons (Fsp3) is 0.250. The van der Waals surface area contributed by atoms with Crippen LogP contribution in [-0.2, 0) is 17.9 Å². The predicted octanol–water partition coefficient (Wildman–Crippen LogP) is -0.337. The third kappa shape index (κ3) is 1.93. The van der Waals surface area contributed by atoms with Crippen LogP contribution >= 0.6 is 0 Å². The largest absolute Gasteiger partial charge is 0.372 e. The molecule has 0 radical (unpaired) electrons. The zero-order chi connectivity index (χ0) is 13.4. The Morgan fingerprint density at radius 1 is 1.32 bits per heavy atom. The second-order valence-corrected chi connectivity index (χ2v) is 4.23. The molecule has 7 nitrogen and oxygen atoms in total. The monoisotopic (exact) mass is 260 g/mol. The molecule has 19 heavy (non-hydrogen) atoms. The number of rotatable bonds is 2. The molecule has 0 aliphatic carbocycles. The van der Waals surface area contributed by atoms with Crippen LogP contribution in [0.4, 0.5) is 0 Å². The van der Waals surface area contributed by atoms with E-state index in [9.17, 15) is 9.59 Å². The van der Waals surface area contributed by atoms with Crippen LogP contribution in [0.5, 0.6) is 0 Å². The van der Waals surface area contributed by atoms with Gasteiger partial charge < -0.3 is 10.5 Å². The van der Waals surface area contributed by atoms with E-state index in [1.807, 2.05) is 0 Å². The fourth-order valence-corrected chi connectivity index (χ4v) is 2.02. The first-order chi connectivity index (χ1) is 9.16. The van der Waals surface area contributed by atoms with Crippen molar-refractivity contribution in [3.63, 3.8) is 0 Å². The minimum Gasteiger partial charge on any atom is -0.372 e. The van der Waals surface area contributed by atoms with Gasteiger partial charge >= 0.3 is 5.69 Å². The van der Waals surface area contributed by atoms with Crippen molar-refractivity contribution in [3.05, 3.63) is 46.1 Å². The number of benzene rings is 1. The number of hydrogen-bond acceptors (Lipinski definition) is 4. The lowest BCUT2D eigenvalue weighted by Gasteiger charge is -2.11.